The number of aliphatic hydroxyl groups excluding tert-OH is 1. The minimum absolute atomic E-state index is 0.131. The molecule has 4 nitrogen and oxygen atoms in total. The van der Waals surface area contributed by atoms with E-state index in [4.69, 9.17) is 16.7 Å². The van der Waals surface area contributed by atoms with E-state index in [0.29, 0.717) is 16.7 Å². The highest BCUT2D eigenvalue weighted by Gasteiger charge is 2.10. The molecule has 0 unspecified atom stereocenters. The Morgan fingerprint density at radius 2 is 2.19 bits per heavy atom. The molecule has 6 heteroatoms. The Labute approximate surface area is 106 Å². The molecule has 0 amide bonds. The molecule has 0 radical (unpaired) electrons. The van der Waals surface area contributed by atoms with E-state index < -0.39 is 0 Å². The Balaban J connectivity index is 2.50. The maximum absolute atomic E-state index is 9.02. The first-order valence-corrected chi connectivity index (χ1v) is 5.75. The smallest absolute Gasteiger partial charge is 0.163 e. The Morgan fingerprint density at radius 3 is 2.75 bits per heavy atom. The molecule has 0 aliphatic heterocycles. The summed E-state index contributed by atoms with van der Waals surface area (Å²) in [6, 6.07) is 5.54. The van der Waals surface area contributed by atoms with E-state index in [1.54, 1.807) is 17.7 Å². The lowest BCUT2D eigenvalue weighted by Gasteiger charge is -2.03. The predicted molar refractivity (Wildman–Crippen MR) is 65.1 cm³/mol. The SMILES string of the molecule is Cn1c(CO)nnc1-c1ccc(Br)c(Cl)c1. The number of rotatable bonds is 2. The van der Waals surface area contributed by atoms with Gasteiger partial charge in [-0.05, 0) is 34.1 Å². The molecule has 1 aromatic heterocycles. The zero-order chi connectivity index (χ0) is 11.7. The molecule has 2 aromatic rings. The van der Waals surface area contributed by atoms with Gasteiger partial charge in [0.2, 0.25) is 0 Å². The standard InChI is InChI=1S/C10H9BrClN3O/c1-15-9(5-16)13-14-10(15)6-2-3-7(11)8(12)4-6/h2-4,16H,5H2,1H3. The van der Waals surface area contributed by atoms with Gasteiger partial charge in [-0.1, -0.05) is 11.6 Å². The van der Waals surface area contributed by atoms with Crippen molar-refractivity contribution in [3.05, 3.63) is 33.5 Å². The lowest BCUT2D eigenvalue weighted by Crippen LogP contribution is -1.99. The van der Waals surface area contributed by atoms with Crippen LogP contribution in [0.4, 0.5) is 0 Å². The first kappa shape index (κ1) is 11.6. The Kier molecular flexibility index (Phi) is 3.28. The fraction of sp³-hybridized carbons (Fsp3) is 0.200. The van der Waals surface area contributed by atoms with Crippen molar-refractivity contribution in [2.24, 2.45) is 7.05 Å². The average Bonchev–Trinajstić information content (AvgIpc) is 2.64. The summed E-state index contributed by atoms with van der Waals surface area (Å²) in [5, 5.41) is 17.5. The van der Waals surface area contributed by atoms with Crippen LogP contribution < -0.4 is 0 Å². The molecule has 2 rings (SSSR count). The Bertz CT molecular complexity index is 527. The van der Waals surface area contributed by atoms with Gasteiger partial charge in [0, 0.05) is 17.1 Å². The van der Waals surface area contributed by atoms with Crippen molar-refractivity contribution in [1.82, 2.24) is 14.8 Å². The van der Waals surface area contributed by atoms with Crippen LogP contribution in [0.1, 0.15) is 5.82 Å². The summed E-state index contributed by atoms with van der Waals surface area (Å²) in [6.07, 6.45) is 0. The fourth-order valence-corrected chi connectivity index (χ4v) is 1.81. The number of aromatic nitrogens is 3. The third-order valence-corrected chi connectivity index (χ3v) is 3.52. The van der Waals surface area contributed by atoms with Crippen molar-refractivity contribution in [3.8, 4) is 11.4 Å². The van der Waals surface area contributed by atoms with Crippen LogP contribution in [-0.2, 0) is 13.7 Å². The number of aliphatic hydroxyl groups is 1. The van der Waals surface area contributed by atoms with E-state index in [-0.39, 0.29) is 6.61 Å². The van der Waals surface area contributed by atoms with Gasteiger partial charge in [0.25, 0.3) is 0 Å². The minimum atomic E-state index is -0.131. The van der Waals surface area contributed by atoms with Gasteiger partial charge in [0.15, 0.2) is 11.6 Å². The van der Waals surface area contributed by atoms with Gasteiger partial charge in [-0.25, -0.2) is 0 Å². The van der Waals surface area contributed by atoms with Crippen LogP contribution in [0.25, 0.3) is 11.4 Å². The van der Waals surface area contributed by atoms with Crippen molar-refractivity contribution >= 4 is 27.5 Å². The molecular weight excluding hydrogens is 293 g/mol. The molecule has 0 fully saturated rings. The molecule has 1 N–H and O–H groups in total. The molecular formula is C10H9BrClN3O. The van der Waals surface area contributed by atoms with Gasteiger partial charge >= 0.3 is 0 Å². The minimum Gasteiger partial charge on any atom is -0.388 e. The molecule has 1 aromatic carbocycles. The van der Waals surface area contributed by atoms with Crippen molar-refractivity contribution < 1.29 is 5.11 Å². The van der Waals surface area contributed by atoms with Crippen LogP contribution in [-0.4, -0.2) is 19.9 Å². The summed E-state index contributed by atoms with van der Waals surface area (Å²) >= 11 is 9.33. The summed E-state index contributed by atoms with van der Waals surface area (Å²) in [5.74, 6) is 1.20. The van der Waals surface area contributed by atoms with Crippen molar-refractivity contribution in [3.63, 3.8) is 0 Å². The third-order valence-electron chi connectivity index (χ3n) is 2.28. The summed E-state index contributed by atoms with van der Waals surface area (Å²) in [5.41, 5.74) is 0.864. The second kappa shape index (κ2) is 4.53. The monoisotopic (exact) mass is 301 g/mol. The summed E-state index contributed by atoms with van der Waals surface area (Å²) < 4.78 is 2.57. The number of hydrogen-bond donors (Lipinski definition) is 1. The van der Waals surface area contributed by atoms with Crippen LogP contribution in [0.3, 0.4) is 0 Å². The van der Waals surface area contributed by atoms with Gasteiger partial charge in [-0.3, -0.25) is 0 Å². The Hall–Kier alpha value is -0.910. The largest absolute Gasteiger partial charge is 0.388 e. The van der Waals surface area contributed by atoms with Crippen LogP contribution in [0.2, 0.25) is 5.02 Å². The molecule has 0 saturated carbocycles. The molecule has 0 saturated heterocycles. The quantitative estimate of drug-likeness (QED) is 0.927. The molecule has 1 heterocycles. The molecule has 84 valence electrons. The molecule has 0 spiro atoms. The van der Waals surface area contributed by atoms with Crippen molar-refractivity contribution in [1.29, 1.82) is 0 Å². The molecule has 0 atom stereocenters. The first-order chi connectivity index (χ1) is 7.63. The van der Waals surface area contributed by atoms with Crippen molar-refractivity contribution in [2.45, 2.75) is 6.61 Å². The lowest BCUT2D eigenvalue weighted by molar-refractivity contribution is 0.267. The first-order valence-electron chi connectivity index (χ1n) is 4.58. The van der Waals surface area contributed by atoms with Gasteiger partial charge < -0.3 is 9.67 Å². The molecule has 16 heavy (non-hydrogen) atoms. The van der Waals surface area contributed by atoms with E-state index >= 15 is 0 Å². The van der Waals surface area contributed by atoms with E-state index in [1.807, 2.05) is 12.1 Å². The lowest BCUT2D eigenvalue weighted by atomic mass is 10.2. The second-order valence-electron chi connectivity index (χ2n) is 3.29. The normalized spacial score (nSPS) is 10.8. The van der Waals surface area contributed by atoms with E-state index in [9.17, 15) is 0 Å². The third kappa shape index (κ3) is 1.98. The Morgan fingerprint density at radius 1 is 1.44 bits per heavy atom. The fourth-order valence-electron chi connectivity index (χ4n) is 1.39. The molecule has 0 aliphatic carbocycles. The van der Waals surface area contributed by atoms with Crippen LogP contribution in [0.5, 0.6) is 0 Å². The van der Waals surface area contributed by atoms with Crippen LogP contribution in [0, 0.1) is 0 Å². The number of hydrogen-bond acceptors (Lipinski definition) is 3. The van der Waals surface area contributed by atoms with Gasteiger partial charge in [-0.2, -0.15) is 0 Å². The maximum atomic E-state index is 9.02. The second-order valence-corrected chi connectivity index (χ2v) is 4.55. The molecule has 0 bridgehead atoms. The van der Waals surface area contributed by atoms with Gasteiger partial charge in [-0.15, -0.1) is 10.2 Å². The van der Waals surface area contributed by atoms with Gasteiger partial charge in [0.05, 0.1) is 5.02 Å². The van der Waals surface area contributed by atoms with Gasteiger partial charge in [0.1, 0.15) is 6.61 Å². The summed E-state index contributed by atoms with van der Waals surface area (Å²) in [7, 11) is 1.80. The molecule has 0 aliphatic rings. The topological polar surface area (TPSA) is 50.9 Å². The number of halogens is 2. The van der Waals surface area contributed by atoms with E-state index in [2.05, 4.69) is 26.1 Å². The van der Waals surface area contributed by atoms with E-state index in [0.717, 1.165) is 10.0 Å². The zero-order valence-electron chi connectivity index (χ0n) is 8.48. The number of benzene rings is 1. The maximum Gasteiger partial charge on any atom is 0.163 e. The highest BCUT2D eigenvalue weighted by atomic mass is 79.9. The zero-order valence-corrected chi connectivity index (χ0v) is 10.8. The summed E-state index contributed by atoms with van der Waals surface area (Å²) in [4.78, 5) is 0. The van der Waals surface area contributed by atoms with E-state index in [1.165, 1.54) is 0 Å². The highest BCUT2D eigenvalue weighted by molar-refractivity contribution is 9.10. The van der Waals surface area contributed by atoms with Crippen LogP contribution in [0.15, 0.2) is 22.7 Å². The summed E-state index contributed by atoms with van der Waals surface area (Å²) in [6.45, 7) is -0.131. The predicted octanol–water partition coefficient (Wildman–Crippen LogP) is 2.39. The average molecular weight is 303 g/mol. The van der Waals surface area contributed by atoms with Crippen molar-refractivity contribution in [2.75, 3.05) is 0 Å². The van der Waals surface area contributed by atoms with Crippen LogP contribution >= 0.6 is 27.5 Å². The number of nitrogens with zero attached hydrogens (tertiary/aromatic N) is 3. The highest BCUT2D eigenvalue weighted by Crippen LogP contribution is 2.27.